The molecule has 0 radical (unpaired) electrons. The van der Waals surface area contributed by atoms with Crippen LogP contribution in [0, 0.1) is 11.8 Å². The zero-order valence-electron chi connectivity index (χ0n) is 20.7. The van der Waals surface area contributed by atoms with E-state index in [0.717, 1.165) is 12.8 Å². The van der Waals surface area contributed by atoms with Gasteiger partial charge in [-0.2, -0.15) is 0 Å². The van der Waals surface area contributed by atoms with Gasteiger partial charge in [-0.05, 0) is 56.6 Å². The lowest BCUT2D eigenvalue weighted by Gasteiger charge is -2.49. The Morgan fingerprint density at radius 2 is 1.97 bits per heavy atom. The normalized spacial score (nSPS) is 26.9. The van der Waals surface area contributed by atoms with Crippen molar-refractivity contribution in [2.24, 2.45) is 11.8 Å². The van der Waals surface area contributed by atoms with Gasteiger partial charge in [0.05, 0.1) is 25.3 Å². The Kier molecular flexibility index (Phi) is 5.83. The molecule has 36 heavy (non-hydrogen) atoms. The van der Waals surface area contributed by atoms with Crippen LogP contribution in [0.3, 0.4) is 0 Å². The van der Waals surface area contributed by atoms with E-state index in [4.69, 9.17) is 14.0 Å². The monoisotopic (exact) mass is 498 g/mol. The largest absolute Gasteiger partial charge is 0.508 e. The first-order valence-electron chi connectivity index (χ1n) is 12.1. The third kappa shape index (κ3) is 3.20. The number of allylic oxidation sites excluding steroid dienone is 1. The van der Waals surface area contributed by atoms with Gasteiger partial charge >= 0.3 is 0 Å². The molecule has 3 aliphatic carbocycles. The number of unbranched alkanes of at least 4 members (excludes halogenated alkanes) is 1. The molecule has 3 N–H and O–H groups in total. The highest BCUT2D eigenvalue weighted by molar-refractivity contribution is 6.16. The molecule has 0 unspecified atom stereocenters. The lowest BCUT2D eigenvalue weighted by molar-refractivity contribution is -0.0559. The summed E-state index contributed by atoms with van der Waals surface area (Å²) in [7, 11) is 5.04. The van der Waals surface area contributed by atoms with E-state index in [0.29, 0.717) is 17.9 Å². The van der Waals surface area contributed by atoms with Crippen molar-refractivity contribution in [3.63, 3.8) is 0 Å². The number of ketones is 2. The number of aliphatic hydroxyl groups excluding tert-OH is 1. The summed E-state index contributed by atoms with van der Waals surface area (Å²) in [6.45, 7) is 2.31. The van der Waals surface area contributed by atoms with Crippen LogP contribution in [0.5, 0.6) is 17.4 Å². The van der Waals surface area contributed by atoms with Crippen LogP contribution in [-0.4, -0.2) is 70.4 Å². The molecule has 10 nitrogen and oxygen atoms in total. The van der Waals surface area contributed by atoms with E-state index < -0.39 is 40.8 Å². The predicted molar refractivity (Wildman–Crippen MR) is 127 cm³/mol. The van der Waals surface area contributed by atoms with Gasteiger partial charge in [0.15, 0.2) is 17.1 Å². The van der Waals surface area contributed by atoms with Crippen LogP contribution in [0.2, 0.25) is 0 Å². The number of hydrogen-bond acceptors (Lipinski definition) is 10. The molecule has 1 aromatic heterocycles. The van der Waals surface area contributed by atoms with Gasteiger partial charge in [0.2, 0.25) is 5.78 Å². The van der Waals surface area contributed by atoms with Crippen molar-refractivity contribution in [1.82, 2.24) is 10.1 Å². The number of phenols is 1. The van der Waals surface area contributed by atoms with Crippen LogP contribution >= 0.6 is 0 Å². The van der Waals surface area contributed by atoms with E-state index in [9.17, 15) is 24.9 Å². The molecule has 192 valence electrons. The maximum atomic E-state index is 13.8. The summed E-state index contributed by atoms with van der Waals surface area (Å²) < 4.78 is 16.7. The molecule has 4 atom stereocenters. The van der Waals surface area contributed by atoms with Crippen molar-refractivity contribution in [3.8, 4) is 17.4 Å². The molecule has 0 amide bonds. The minimum absolute atomic E-state index is 0.0101. The van der Waals surface area contributed by atoms with Gasteiger partial charge in [-0.25, -0.2) is 0 Å². The van der Waals surface area contributed by atoms with Gasteiger partial charge in [0.25, 0.3) is 5.88 Å². The summed E-state index contributed by atoms with van der Waals surface area (Å²) in [5.74, 6) is -3.04. The third-order valence-electron chi connectivity index (χ3n) is 7.69. The Bertz CT molecular complexity index is 1280. The lowest BCUT2D eigenvalue weighted by Crippen LogP contribution is -2.59. The molecule has 10 heteroatoms. The number of ether oxygens (including phenoxy) is 2. The number of rotatable bonds is 6. The Morgan fingerprint density at radius 3 is 2.64 bits per heavy atom. The standard InChI is InChI=1S/C26H30N2O8/c1-5-6-9-35-25-19-22(36-27-25)20(28(2)3)14-11-12-10-13-16(34-4)8-7-15(29)18(13)21(30)17(12)23(31)26(14,33)24(19)32/h7-8,12,14,20,29,31,33H,5-6,9-11H2,1-4H3/t12-,14-,20-,26-/m0/s1. The van der Waals surface area contributed by atoms with E-state index in [1.807, 2.05) is 6.92 Å². The van der Waals surface area contributed by atoms with Gasteiger partial charge in [0, 0.05) is 17.1 Å². The summed E-state index contributed by atoms with van der Waals surface area (Å²) in [5.41, 5.74) is -1.93. The minimum atomic E-state index is -2.39. The molecule has 0 bridgehead atoms. The molecule has 2 aromatic rings. The second-order valence-corrected chi connectivity index (χ2v) is 9.91. The van der Waals surface area contributed by atoms with Gasteiger partial charge in [-0.1, -0.05) is 13.3 Å². The molecule has 0 fully saturated rings. The number of aromatic nitrogens is 1. The third-order valence-corrected chi connectivity index (χ3v) is 7.69. The fourth-order valence-electron chi connectivity index (χ4n) is 6.00. The highest BCUT2D eigenvalue weighted by atomic mass is 16.5. The summed E-state index contributed by atoms with van der Waals surface area (Å²) >= 11 is 0. The van der Waals surface area contributed by atoms with E-state index >= 15 is 0 Å². The highest BCUT2D eigenvalue weighted by Gasteiger charge is 2.63. The van der Waals surface area contributed by atoms with E-state index in [2.05, 4.69) is 5.16 Å². The molecule has 0 saturated heterocycles. The quantitative estimate of drug-likeness (QED) is 0.509. The topological polar surface area (TPSA) is 143 Å². The SMILES string of the molecule is CCCCOc1noc2c1C(=O)[C@@]1(O)C(O)=C3C(=O)c4c(O)ccc(OC)c4C[C@H]3C[C@H]1[C@@H]2N(C)C. The van der Waals surface area contributed by atoms with Gasteiger partial charge in [0.1, 0.15) is 22.8 Å². The van der Waals surface area contributed by atoms with E-state index in [1.165, 1.54) is 13.2 Å². The number of benzene rings is 1. The van der Waals surface area contributed by atoms with Crippen molar-refractivity contribution in [3.05, 3.63) is 45.9 Å². The van der Waals surface area contributed by atoms with Crippen molar-refractivity contribution in [1.29, 1.82) is 0 Å². The second kappa shape index (κ2) is 8.63. The number of Topliss-reactive ketones (excluding diaryl/α,β-unsaturated/α-hetero) is 2. The first-order valence-corrected chi connectivity index (χ1v) is 12.1. The second-order valence-electron chi connectivity index (χ2n) is 9.91. The Balaban J connectivity index is 1.68. The first kappa shape index (κ1) is 24.3. The Hall–Kier alpha value is -3.37. The number of methoxy groups -OCH3 is 1. The molecule has 3 aliphatic rings. The number of phenolic OH excluding ortho intramolecular Hbond substituents is 1. The summed E-state index contributed by atoms with van der Waals surface area (Å²) in [6, 6.07) is 2.32. The molecular formula is C26H30N2O8. The number of nitrogens with zero attached hydrogens (tertiary/aromatic N) is 2. The number of hydrogen-bond donors (Lipinski definition) is 3. The summed E-state index contributed by atoms with van der Waals surface area (Å²) in [6.07, 6.45) is 2.10. The maximum Gasteiger partial charge on any atom is 0.265 e. The maximum absolute atomic E-state index is 13.8. The number of fused-ring (bicyclic) bond motifs is 4. The Labute approximate surface area is 208 Å². The zero-order chi connectivity index (χ0) is 25.9. The van der Waals surface area contributed by atoms with Crippen LogP contribution in [0.15, 0.2) is 28.0 Å². The highest BCUT2D eigenvalue weighted by Crippen LogP contribution is 2.56. The van der Waals surface area contributed by atoms with Crippen LogP contribution < -0.4 is 9.47 Å². The van der Waals surface area contributed by atoms with Crippen molar-refractivity contribution in [2.45, 2.75) is 44.2 Å². The number of carbonyl (C=O) groups excluding carboxylic acids is 2. The zero-order valence-corrected chi connectivity index (χ0v) is 20.7. The molecule has 0 aliphatic heterocycles. The van der Waals surface area contributed by atoms with Crippen LogP contribution in [-0.2, 0) is 6.42 Å². The predicted octanol–water partition coefficient (Wildman–Crippen LogP) is 2.99. The van der Waals surface area contributed by atoms with Crippen LogP contribution in [0.1, 0.15) is 64.3 Å². The number of carbonyl (C=O) groups is 2. The number of aromatic hydroxyl groups is 1. The van der Waals surface area contributed by atoms with Crippen molar-refractivity contribution in [2.75, 3.05) is 27.8 Å². The molecule has 0 spiro atoms. The van der Waals surface area contributed by atoms with E-state index in [-0.39, 0.29) is 46.9 Å². The minimum Gasteiger partial charge on any atom is -0.508 e. The Morgan fingerprint density at radius 1 is 1.22 bits per heavy atom. The first-order chi connectivity index (χ1) is 17.2. The average Bonchev–Trinajstić information content (AvgIpc) is 3.25. The smallest absolute Gasteiger partial charge is 0.265 e. The van der Waals surface area contributed by atoms with Crippen molar-refractivity contribution < 1.29 is 38.9 Å². The fourth-order valence-corrected chi connectivity index (χ4v) is 6.00. The molecule has 0 saturated carbocycles. The van der Waals surface area contributed by atoms with Gasteiger partial charge < -0.3 is 29.3 Å². The summed E-state index contributed by atoms with van der Waals surface area (Å²) in [4.78, 5) is 29.2. The molecule has 1 heterocycles. The average molecular weight is 499 g/mol. The van der Waals surface area contributed by atoms with Gasteiger partial charge in [-0.3, -0.25) is 14.5 Å². The molecule has 5 rings (SSSR count). The molecular weight excluding hydrogens is 468 g/mol. The fraction of sp³-hybridized carbons (Fsp3) is 0.500. The van der Waals surface area contributed by atoms with Crippen molar-refractivity contribution >= 4 is 11.6 Å². The molecule has 1 aromatic carbocycles. The lowest BCUT2D eigenvalue weighted by atomic mass is 9.58. The number of aliphatic hydroxyl groups is 2. The summed E-state index contributed by atoms with van der Waals surface area (Å²) in [5, 5.41) is 37.9. The van der Waals surface area contributed by atoms with Crippen LogP contribution in [0.25, 0.3) is 0 Å². The van der Waals surface area contributed by atoms with Gasteiger partial charge in [-0.15, -0.1) is 0 Å². The van der Waals surface area contributed by atoms with Crippen LogP contribution in [0.4, 0.5) is 0 Å². The van der Waals surface area contributed by atoms with E-state index in [1.54, 1.807) is 25.1 Å².